The number of aliphatic hydroxyl groups is 1. The van der Waals surface area contributed by atoms with E-state index in [1.54, 1.807) is 0 Å². The maximum Gasteiger partial charge on any atom is 0.241 e. The number of aliphatic hydroxyl groups excluding tert-OH is 1. The zero-order valence-electron chi connectivity index (χ0n) is 17.4. The molecule has 0 aliphatic rings. The third-order valence-corrected chi connectivity index (χ3v) is 8.52. The van der Waals surface area contributed by atoms with E-state index in [0.717, 1.165) is 43.1 Å². The number of benzene rings is 2. The normalized spacial score (nSPS) is 12.9. The molecule has 0 saturated heterocycles. The predicted molar refractivity (Wildman–Crippen MR) is 119 cm³/mol. The molecule has 2 aromatic carbocycles. The Kier molecular flexibility index (Phi) is 6.29. The fraction of sp³-hybridized carbons (Fsp3) is 0.304. The van der Waals surface area contributed by atoms with Crippen molar-refractivity contribution in [2.75, 3.05) is 0 Å². The van der Waals surface area contributed by atoms with Crippen LogP contribution in [0.5, 0.6) is 0 Å². The molecule has 3 rings (SSSR count). The Bertz CT molecular complexity index is 1100. The van der Waals surface area contributed by atoms with Gasteiger partial charge in [-0.3, -0.25) is 0 Å². The Morgan fingerprint density at radius 3 is 2.00 bits per heavy atom. The van der Waals surface area contributed by atoms with Crippen LogP contribution >= 0.6 is 11.3 Å². The highest BCUT2D eigenvalue weighted by molar-refractivity contribution is 7.89. The molecule has 4 nitrogen and oxygen atoms in total. The number of hydrogen-bond acceptors (Lipinski definition) is 4. The van der Waals surface area contributed by atoms with E-state index in [1.807, 2.05) is 77.1 Å². The van der Waals surface area contributed by atoms with E-state index in [-0.39, 0.29) is 6.54 Å². The number of rotatable bonds is 6. The fourth-order valence-corrected chi connectivity index (χ4v) is 6.20. The molecule has 1 atom stereocenters. The molecule has 0 bridgehead atoms. The highest BCUT2D eigenvalue weighted by atomic mass is 32.2. The Hall–Kier alpha value is -1.99. The number of nitrogens with one attached hydrogen (secondary N) is 1. The van der Waals surface area contributed by atoms with Gasteiger partial charge in [0.15, 0.2) is 0 Å². The summed E-state index contributed by atoms with van der Waals surface area (Å²) in [5, 5.41) is 10.5. The van der Waals surface area contributed by atoms with Crippen molar-refractivity contribution in [3.8, 4) is 0 Å². The average molecular weight is 430 g/mol. The van der Waals surface area contributed by atoms with Crippen molar-refractivity contribution in [3.63, 3.8) is 0 Å². The van der Waals surface area contributed by atoms with Gasteiger partial charge in [-0.1, -0.05) is 30.3 Å². The first-order chi connectivity index (χ1) is 13.6. The Morgan fingerprint density at radius 1 is 0.862 bits per heavy atom. The van der Waals surface area contributed by atoms with Crippen LogP contribution in [0.4, 0.5) is 0 Å². The SMILES string of the molecule is Cc1c(C)c(C)c(S(=O)(=O)NCc2ccc(C(O)c3ccccc3)s2)c(C)c1C. The maximum atomic E-state index is 13.1. The molecule has 0 aliphatic heterocycles. The van der Waals surface area contributed by atoms with Gasteiger partial charge in [0, 0.05) is 16.3 Å². The van der Waals surface area contributed by atoms with E-state index in [1.165, 1.54) is 11.3 Å². The lowest BCUT2D eigenvalue weighted by Crippen LogP contribution is -2.25. The molecule has 3 aromatic rings. The number of thiophene rings is 1. The fourth-order valence-electron chi connectivity index (χ4n) is 3.54. The first-order valence-electron chi connectivity index (χ1n) is 9.51. The summed E-state index contributed by atoms with van der Waals surface area (Å²) in [5.41, 5.74) is 5.57. The van der Waals surface area contributed by atoms with Crippen molar-refractivity contribution < 1.29 is 13.5 Å². The largest absolute Gasteiger partial charge is 0.383 e. The first-order valence-corrected chi connectivity index (χ1v) is 11.8. The standard InChI is InChI=1S/C23H27NO3S2/c1-14-15(2)17(4)23(18(5)16(14)3)29(26,27)24-13-20-11-12-21(28-20)22(25)19-9-7-6-8-10-19/h6-12,22,24-25H,13H2,1-5H3. The van der Waals surface area contributed by atoms with Crippen LogP contribution in [0.2, 0.25) is 0 Å². The van der Waals surface area contributed by atoms with Crippen molar-refractivity contribution >= 4 is 21.4 Å². The van der Waals surface area contributed by atoms with Gasteiger partial charge in [0.25, 0.3) is 0 Å². The van der Waals surface area contributed by atoms with E-state index >= 15 is 0 Å². The van der Waals surface area contributed by atoms with Crippen molar-refractivity contribution in [1.29, 1.82) is 0 Å². The van der Waals surface area contributed by atoms with Crippen LogP contribution in [0.3, 0.4) is 0 Å². The van der Waals surface area contributed by atoms with Crippen molar-refractivity contribution in [1.82, 2.24) is 4.72 Å². The summed E-state index contributed by atoms with van der Waals surface area (Å²) in [6.45, 7) is 9.88. The summed E-state index contributed by atoms with van der Waals surface area (Å²) in [6, 6.07) is 13.1. The Morgan fingerprint density at radius 2 is 1.41 bits per heavy atom. The summed E-state index contributed by atoms with van der Waals surface area (Å²) in [5.74, 6) is 0. The third kappa shape index (κ3) is 4.31. The minimum Gasteiger partial charge on any atom is -0.383 e. The lowest BCUT2D eigenvalue weighted by molar-refractivity contribution is 0.224. The summed E-state index contributed by atoms with van der Waals surface area (Å²) in [4.78, 5) is 2.02. The molecule has 0 aliphatic carbocycles. The van der Waals surface area contributed by atoms with Crippen LogP contribution in [0.15, 0.2) is 47.4 Å². The smallest absolute Gasteiger partial charge is 0.241 e. The van der Waals surface area contributed by atoms with E-state index in [2.05, 4.69) is 4.72 Å². The Balaban J connectivity index is 1.81. The summed E-state index contributed by atoms with van der Waals surface area (Å²) in [7, 11) is -3.65. The molecule has 0 spiro atoms. The second kappa shape index (κ2) is 8.40. The summed E-state index contributed by atoms with van der Waals surface area (Å²) in [6.07, 6.45) is -0.710. The van der Waals surface area contributed by atoms with E-state index < -0.39 is 16.1 Å². The molecule has 0 fully saturated rings. The van der Waals surface area contributed by atoms with Gasteiger partial charge in [0.05, 0.1) is 4.90 Å². The third-order valence-electron chi connectivity index (χ3n) is 5.70. The highest BCUT2D eigenvalue weighted by Crippen LogP contribution is 2.31. The van der Waals surface area contributed by atoms with Crippen LogP contribution in [-0.4, -0.2) is 13.5 Å². The van der Waals surface area contributed by atoms with Gasteiger partial charge in [-0.25, -0.2) is 13.1 Å². The van der Waals surface area contributed by atoms with Gasteiger partial charge in [0.1, 0.15) is 6.10 Å². The monoisotopic (exact) mass is 429 g/mol. The zero-order chi connectivity index (χ0) is 21.3. The molecule has 6 heteroatoms. The molecule has 1 heterocycles. The average Bonchev–Trinajstić information content (AvgIpc) is 3.18. The second-order valence-electron chi connectivity index (χ2n) is 7.40. The van der Waals surface area contributed by atoms with E-state index in [4.69, 9.17) is 0 Å². The van der Waals surface area contributed by atoms with Crippen LogP contribution in [0.1, 0.15) is 49.2 Å². The second-order valence-corrected chi connectivity index (χ2v) is 10.3. The van der Waals surface area contributed by atoms with Crippen LogP contribution in [0, 0.1) is 34.6 Å². The number of hydrogen-bond donors (Lipinski definition) is 2. The van der Waals surface area contributed by atoms with Crippen molar-refractivity contribution in [2.24, 2.45) is 0 Å². The highest BCUT2D eigenvalue weighted by Gasteiger charge is 2.23. The molecule has 0 amide bonds. The van der Waals surface area contributed by atoms with Gasteiger partial charge in [-0.05, 0) is 80.1 Å². The predicted octanol–water partition coefficient (Wildman–Crippen LogP) is 4.85. The summed E-state index contributed by atoms with van der Waals surface area (Å²) < 4.78 is 28.9. The van der Waals surface area contributed by atoms with Crippen LogP contribution < -0.4 is 4.72 Å². The quantitative estimate of drug-likeness (QED) is 0.589. The molecule has 154 valence electrons. The van der Waals surface area contributed by atoms with Crippen LogP contribution in [-0.2, 0) is 16.6 Å². The molecule has 1 aromatic heterocycles. The van der Waals surface area contributed by atoms with E-state index in [0.29, 0.717) is 4.90 Å². The molecular weight excluding hydrogens is 402 g/mol. The van der Waals surface area contributed by atoms with Crippen molar-refractivity contribution in [2.45, 2.75) is 52.2 Å². The van der Waals surface area contributed by atoms with E-state index in [9.17, 15) is 13.5 Å². The van der Waals surface area contributed by atoms with Crippen molar-refractivity contribution in [3.05, 3.63) is 85.6 Å². The molecule has 2 N–H and O–H groups in total. The minimum atomic E-state index is -3.65. The molecule has 0 saturated carbocycles. The lowest BCUT2D eigenvalue weighted by Gasteiger charge is -2.19. The molecule has 1 unspecified atom stereocenters. The van der Waals surface area contributed by atoms with Gasteiger partial charge >= 0.3 is 0 Å². The first kappa shape index (κ1) is 21.7. The minimum absolute atomic E-state index is 0.194. The van der Waals surface area contributed by atoms with Gasteiger partial charge < -0.3 is 5.11 Å². The molecule has 29 heavy (non-hydrogen) atoms. The zero-order valence-corrected chi connectivity index (χ0v) is 19.0. The van der Waals surface area contributed by atoms with Gasteiger partial charge in [-0.15, -0.1) is 11.3 Å². The lowest BCUT2D eigenvalue weighted by atomic mass is 9.95. The van der Waals surface area contributed by atoms with Gasteiger partial charge in [-0.2, -0.15) is 0 Å². The Labute approximate surface area is 177 Å². The van der Waals surface area contributed by atoms with Crippen LogP contribution in [0.25, 0.3) is 0 Å². The topological polar surface area (TPSA) is 66.4 Å². The summed E-state index contributed by atoms with van der Waals surface area (Å²) >= 11 is 1.41. The molecule has 0 radical (unpaired) electrons. The maximum absolute atomic E-state index is 13.1. The van der Waals surface area contributed by atoms with Gasteiger partial charge in [0.2, 0.25) is 10.0 Å². The molecular formula is C23H27NO3S2. The number of sulfonamides is 1.